The molecule has 0 unspecified atom stereocenters. The van der Waals surface area contributed by atoms with Crippen LogP contribution in [0.5, 0.6) is 0 Å². The van der Waals surface area contributed by atoms with Crippen LogP contribution in [0.4, 0.5) is 0 Å². The predicted molar refractivity (Wildman–Crippen MR) is 103 cm³/mol. The van der Waals surface area contributed by atoms with Gasteiger partial charge < -0.3 is 0 Å². The smallest absolute Gasteiger partial charge is 0.209 e. The van der Waals surface area contributed by atoms with Gasteiger partial charge in [-0.05, 0) is 42.0 Å². The standard InChI is InChI=1S/C18H15ClN6S/c1-12-3-2-4-13(9-12)11-24-22-17(21-23-24)16-10-20-25(18(16)26)15-7-5-14(19)6-8-15/h2-10,26H,11H2,1H3. The highest BCUT2D eigenvalue weighted by atomic mass is 35.5. The number of halogens is 1. The van der Waals surface area contributed by atoms with Crippen molar-refractivity contribution in [3.8, 4) is 17.1 Å². The molecule has 0 radical (unpaired) electrons. The van der Waals surface area contributed by atoms with Gasteiger partial charge in [0, 0.05) is 5.02 Å². The van der Waals surface area contributed by atoms with Crippen LogP contribution >= 0.6 is 24.2 Å². The van der Waals surface area contributed by atoms with Crippen molar-refractivity contribution < 1.29 is 0 Å². The zero-order chi connectivity index (χ0) is 18.1. The highest BCUT2D eigenvalue weighted by molar-refractivity contribution is 7.80. The Kier molecular flexibility index (Phi) is 4.48. The van der Waals surface area contributed by atoms with Crippen LogP contribution in [0.25, 0.3) is 17.1 Å². The quantitative estimate of drug-likeness (QED) is 0.545. The summed E-state index contributed by atoms with van der Waals surface area (Å²) in [5.74, 6) is 0.489. The molecule has 0 N–H and O–H groups in total. The number of aryl methyl sites for hydroxylation is 1. The number of tetrazole rings is 1. The van der Waals surface area contributed by atoms with Gasteiger partial charge >= 0.3 is 0 Å². The van der Waals surface area contributed by atoms with E-state index >= 15 is 0 Å². The van der Waals surface area contributed by atoms with E-state index in [1.54, 1.807) is 15.7 Å². The molecule has 0 bridgehead atoms. The SMILES string of the molecule is Cc1cccc(Cn2nnc(-c3cnn(-c4ccc(Cl)cc4)c3S)n2)c1. The molecule has 0 aliphatic heterocycles. The largest absolute Gasteiger partial charge is 0.227 e. The second-order valence-corrected chi connectivity index (χ2v) is 6.76. The van der Waals surface area contributed by atoms with Gasteiger partial charge in [0.05, 0.1) is 24.0 Å². The van der Waals surface area contributed by atoms with E-state index in [9.17, 15) is 0 Å². The maximum atomic E-state index is 5.94. The summed E-state index contributed by atoms with van der Waals surface area (Å²) in [6.45, 7) is 2.62. The van der Waals surface area contributed by atoms with Crippen LogP contribution in [0, 0.1) is 6.92 Å². The van der Waals surface area contributed by atoms with Crippen molar-refractivity contribution in [2.24, 2.45) is 0 Å². The van der Waals surface area contributed by atoms with E-state index in [0.717, 1.165) is 16.8 Å². The molecule has 0 spiro atoms. The van der Waals surface area contributed by atoms with Gasteiger partial charge in [-0.25, -0.2) is 4.68 Å². The van der Waals surface area contributed by atoms with Crippen molar-refractivity contribution >= 4 is 24.2 Å². The van der Waals surface area contributed by atoms with Crippen molar-refractivity contribution in [3.05, 3.63) is 70.9 Å². The Morgan fingerprint density at radius 2 is 1.92 bits per heavy atom. The molecule has 2 aromatic carbocycles. The van der Waals surface area contributed by atoms with E-state index in [-0.39, 0.29) is 0 Å². The molecular formula is C18H15ClN6S. The lowest BCUT2D eigenvalue weighted by molar-refractivity contribution is 0.572. The molecule has 0 aliphatic rings. The summed E-state index contributed by atoms with van der Waals surface area (Å²) in [5.41, 5.74) is 3.90. The van der Waals surface area contributed by atoms with Crippen molar-refractivity contribution in [2.75, 3.05) is 0 Å². The molecule has 130 valence electrons. The van der Waals surface area contributed by atoms with Gasteiger partial charge in [-0.1, -0.05) is 41.4 Å². The number of benzene rings is 2. The van der Waals surface area contributed by atoms with Crippen LogP contribution in [0.15, 0.2) is 59.8 Å². The minimum Gasteiger partial charge on any atom is -0.227 e. The van der Waals surface area contributed by atoms with Gasteiger partial charge in [-0.15, -0.1) is 22.8 Å². The van der Waals surface area contributed by atoms with Crippen molar-refractivity contribution in [1.29, 1.82) is 0 Å². The molecule has 2 aromatic heterocycles. The van der Waals surface area contributed by atoms with Crippen molar-refractivity contribution in [1.82, 2.24) is 30.0 Å². The number of nitrogens with zero attached hydrogens (tertiary/aromatic N) is 6. The lowest BCUT2D eigenvalue weighted by Crippen LogP contribution is -2.04. The second-order valence-electron chi connectivity index (χ2n) is 5.90. The highest BCUT2D eigenvalue weighted by Crippen LogP contribution is 2.26. The number of hydrogen-bond acceptors (Lipinski definition) is 5. The predicted octanol–water partition coefficient (Wildman–Crippen LogP) is 3.82. The average Bonchev–Trinajstić information content (AvgIpc) is 3.22. The molecular weight excluding hydrogens is 368 g/mol. The van der Waals surface area contributed by atoms with Crippen LogP contribution in [-0.2, 0) is 6.54 Å². The van der Waals surface area contributed by atoms with Crippen LogP contribution in [-0.4, -0.2) is 30.0 Å². The highest BCUT2D eigenvalue weighted by Gasteiger charge is 2.15. The van der Waals surface area contributed by atoms with Crippen molar-refractivity contribution in [3.63, 3.8) is 0 Å². The third-order valence-corrected chi connectivity index (χ3v) is 4.60. The first kappa shape index (κ1) is 16.8. The number of aromatic nitrogens is 6. The van der Waals surface area contributed by atoms with Gasteiger partial charge in [0.2, 0.25) is 5.82 Å². The molecule has 4 rings (SSSR count). The molecule has 4 aromatic rings. The lowest BCUT2D eigenvalue weighted by Gasteiger charge is -2.03. The normalized spacial score (nSPS) is 11.0. The maximum absolute atomic E-state index is 5.94. The summed E-state index contributed by atoms with van der Waals surface area (Å²) in [6, 6.07) is 15.6. The molecule has 26 heavy (non-hydrogen) atoms. The van der Waals surface area contributed by atoms with E-state index in [4.69, 9.17) is 11.6 Å². The molecule has 0 fully saturated rings. The Hall–Kier alpha value is -2.64. The van der Waals surface area contributed by atoms with E-state index in [1.165, 1.54) is 5.56 Å². The molecule has 0 amide bonds. The monoisotopic (exact) mass is 382 g/mol. The average molecular weight is 383 g/mol. The number of thiol groups is 1. The third-order valence-electron chi connectivity index (χ3n) is 3.92. The van der Waals surface area contributed by atoms with Gasteiger partial charge in [-0.2, -0.15) is 9.90 Å². The summed E-state index contributed by atoms with van der Waals surface area (Å²) in [6.07, 6.45) is 1.69. The van der Waals surface area contributed by atoms with E-state index in [0.29, 0.717) is 22.4 Å². The Morgan fingerprint density at radius 3 is 2.69 bits per heavy atom. The number of hydrogen-bond donors (Lipinski definition) is 1. The van der Waals surface area contributed by atoms with Gasteiger partial charge in [-0.3, -0.25) is 0 Å². The first-order valence-electron chi connectivity index (χ1n) is 7.97. The Labute approximate surface area is 160 Å². The summed E-state index contributed by atoms with van der Waals surface area (Å²) in [5, 5.41) is 18.4. The molecule has 0 saturated heterocycles. The molecule has 0 aliphatic carbocycles. The van der Waals surface area contributed by atoms with Crippen LogP contribution in [0.1, 0.15) is 11.1 Å². The molecule has 0 atom stereocenters. The van der Waals surface area contributed by atoms with E-state index in [2.05, 4.69) is 52.2 Å². The zero-order valence-corrected chi connectivity index (χ0v) is 15.6. The topological polar surface area (TPSA) is 61.4 Å². The Morgan fingerprint density at radius 1 is 1.12 bits per heavy atom. The van der Waals surface area contributed by atoms with Gasteiger partial charge in [0.1, 0.15) is 5.03 Å². The summed E-state index contributed by atoms with van der Waals surface area (Å²) in [4.78, 5) is 1.57. The van der Waals surface area contributed by atoms with Gasteiger partial charge in [0.15, 0.2) is 0 Å². The molecule has 6 nitrogen and oxygen atoms in total. The van der Waals surface area contributed by atoms with E-state index in [1.807, 2.05) is 36.4 Å². The summed E-state index contributed by atoms with van der Waals surface area (Å²) in [7, 11) is 0. The minimum atomic E-state index is 0.489. The summed E-state index contributed by atoms with van der Waals surface area (Å²) >= 11 is 10.5. The maximum Gasteiger partial charge on any atom is 0.209 e. The number of rotatable bonds is 4. The minimum absolute atomic E-state index is 0.489. The fraction of sp³-hybridized carbons (Fsp3) is 0.111. The fourth-order valence-electron chi connectivity index (χ4n) is 2.66. The third kappa shape index (κ3) is 3.36. The summed E-state index contributed by atoms with van der Waals surface area (Å²) < 4.78 is 1.70. The van der Waals surface area contributed by atoms with Crippen LogP contribution in [0.3, 0.4) is 0 Å². The van der Waals surface area contributed by atoms with Crippen LogP contribution < -0.4 is 0 Å². The molecule has 8 heteroatoms. The first-order chi connectivity index (χ1) is 12.6. The van der Waals surface area contributed by atoms with Gasteiger partial charge in [0.25, 0.3) is 0 Å². The second kappa shape index (κ2) is 6.93. The van der Waals surface area contributed by atoms with E-state index < -0.39 is 0 Å². The first-order valence-corrected chi connectivity index (χ1v) is 8.79. The molecule has 0 saturated carbocycles. The van der Waals surface area contributed by atoms with Crippen molar-refractivity contribution in [2.45, 2.75) is 18.5 Å². The Bertz CT molecular complexity index is 1050. The Balaban J connectivity index is 1.61. The van der Waals surface area contributed by atoms with Crippen LogP contribution in [0.2, 0.25) is 5.02 Å². The molecule has 2 heterocycles. The fourth-order valence-corrected chi connectivity index (χ4v) is 3.11. The zero-order valence-electron chi connectivity index (χ0n) is 13.9. The lowest BCUT2D eigenvalue weighted by atomic mass is 10.1.